The van der Waals surface area contributed by atoms with Crippen molar-refractivity contribution in [3.63, 3.8) is 0 Å². The smallest absolute Gasteiger partial charge is 0.191 e. The van der Waals surface area contributed by atoms with Crippen molar-refractivity contribution in [2.45, 2.75) is 20.0 Å². The summed E-state index contributed by atoms with van der Waals surface area (Å²) < 4.78 is 5.89. The van der Waals surface area contributed by atoms with Crippen LogP contribution in [0.15, 0.2) is 84.0 Å². The van der Waals surface area contributed by atoms with Gasteiger partial charge in [0.15, 0.2) is 5.96 Å². The highest BCUT2D eigenvalue weighted by Crippen LogP contribution is 2.22. The second-order valence-corrected chi connectivity index (χ2v) is 5.93. The van der Waals surface area contributed by atoms with Gasteiger partial charge in [-0.05, 0) is 48.9 Å². The lowest BCUT2D eigenvalue weighted by atomic mass is 10.2. The van der Waals surface area contributed by atoms with E-state index in [0.29, 0.717) is 13.1 Å². The molecule has 5 nitrogen and oxygen atoms in total. The average molecular weight is 360 g/mol. The molecule has 0 aliphatic carbocycles. The Balaban J connectivity index is 1.62. The molecule has 1 heterocycles. The van der Waals surface area contributed by atoms with Gasteiger partial charge in [-0.2, -0.15) is 0 Å². The maximum absolute atomic E-state index is 5.89. The van der Waals surface area contributed by atoms with E-state index in [1.165, 1.54) is 0 Å². The fraction of sp³-hybridized carbons (Fsp3) is 0.182. The minimum Gasteiger partial charge on any atom is -0.457 e. The molecule has 0 aliphatic rings. The number of aliphatic imine (C=N–C) groups is 1. The van der Waals surface area contributed by atoms with E-state index in [4.69, 9.17) is 4.74 Å². The highest BCUT2D eigenvalue weighted by Gasteiger charge is 2.01. The second-order valence-electron chi connectivity index (χ2n) is 5.93. The number of rotatable bonds is 7. The lowest BCUT2D eigenvalue weighted by molar-refractivity contribution is 0.482. The summed E-state index contributed by atoms with van der Waals surface area (Å²) in [6, 6.07) is 23.6. The largest absolute Gasteiger partial charge is 0.457 e. The number of benzene rings is 2. The SMILES string of the molecule is CCNC(=NCc1cccc(Oc2ccccc2)c1)NCc1ccccn1. The van der Waals surface area contributed by atoms with Gasteiger partial charge in [0.05, 0.1) is 18.8 Å². The Bertz CT molecular complexity index is 850. The van der Waals surface area contributed by atoms with Gasteiger partial charge in [-0.15, -0.1) is 0 Å². The Kier molecular flexibility index (Phi) is 6.81. The fourth-order valence-electron chi connectivity index (χ4n) is 2.52. The number of ether oxygens (including phenoxy) is 1. The number of pyridine rings is 1. The van der Waals surface area contributed by atoms with E-state index in [-0.39, 0.29) is 0 Å². The van der Waals surface area contributed by atoms with Gasteiger partial charge in [-0.1, -0.05) is 36.4 Å². The summed E-state index contributed by atoms with van der Waals surface area (Å²) >= 11 is 0. The van der Waals surface area contributed by atoms with Crippen molar-refractivity contribution in [3.05, 3.63) is 90.3 Å². The zero-order chi connectivity index (χ0) is 18.7. The summed E-state index contributed by atoms with van der Waals surface area (Å²) in [5.41, 5.74) is 2.06. The molecule has 0 spiro atoms. The maximum Gasteiger partial charge on any atom is 0.191 e. The van der Waals surface area contributed by atoms with E-state index >= 15 is 0 Å². The molecule has 0 unspecified atom stereocenters. The summed E-state index contributed by atoms with van der Waals surface area (Å²) in [5.74, 6) is 2.39. The van der Waals surface area contributed by atoms with Crippen LogP contribution in [0.25, 0.3) is 0 Å². The Labute approximate surface area is 160 Å². The Hall–Kier alpha value is -3.34. The van der Waals surface area contributed by atoms with Gasteiger partial charge in [0.2, 0.25) is 0 Å². The second kappa shape index (κ2) is 9.97. The van der Waals surface area contributed by atoms with Crippen LogP contribution >= 0.6 is 0 Å². The lowest BCUT2D eigenvalue weighted by Crippen LogP contribution is -2.36. The van der Waals surface area contributed by atoms with Crippen molar-refractivity contribution in [3.8, 4) is 11.5 Å². The maximum atomic E-state index is 5.89. The minimum atomic E-state index is 0.559. The number of guanidine groups is 1. The summed E-state index contributed by atoms with van der Waals surface area (Å²) in [6.07, 6.45) is 1.79. The van der Waals surface area contributed by atoms with Crippen LogP contribution in [0.2, 0.25) is 0 Å². The molecule has 0 radical (unpaired) electrons. The van der Waals surface area contributed by atoms with E-state index in [9.17, 15) is 0 Å². The van der Waals surface area contributed by atoms with Crippen LogP contribution in [-0.2, 0) is 13.1 Å². The molecule has 0 bridgehead atoms. The van der Waals surface area contributed by atoms with Crippen LogP contribution in [0.4, 0.5) is 0 Å². The average Bonchev–Trinajstić information content (AvgIpc) is 2.72. The first-order valence-corrected chi connectivity index (χ1v) is 9.07. The highest BCUT2D eigenvalue weighted by molar-refractivity contribution is 5.79. The number of nitrogens with zero attached hydrogens (tertiary/aromatic N) is 2. The molecular weight excluding hydrogens is 336 g/mol. The predicted molar refractivity (Wildman–Crippen MR) is 109 cm³/mol. The van der Waals surface area contributed by atoms with Crippen molar-refractivity contribution in [1.29, 1.82) is 0 Å². The normalized spacial score (nSPS) is 11.1. The number of para-hydroxylation sites is 1. The van der Waals surface area contributed by atoms with E-state index in [2.05, 4.69) is 20.6 Å². The van der Waals surface area contributed by atoms with Gasteiger partial charge in [-0.25, -0.2) is 4.99 Å². The summed E-state index contributed by atoms with van der Waals surface area (Å²) in [6.45, 7) is 4.03. The molecule has 2 aromatic carbocycles. The molecule has 27 heavy (non-hydrogen) atoms. The first-order chi connectivity index (χ1) is 13.3. The molecule has 0 saturated carbocycles. The first-order valence-electron chi connectivity index (χ1n) is 9.07. The van der Waals surface area contributed by atoms with Crippen molar-refractivity contribution in [2.75, 3.05) is 6.54 Å². The highest BCUT2D eigenvalue weighted by atomic mass is 16.5. The van der Waals surface area contributed by atoms with E-state index in [1.54, 1.807) is 6.20 Å². The Morgan fingerprint density at radius 3 is 2.52 bits per heavy atom. The van der Waals surface area contributed by atoms with E-state index < -0.39 is 0 Å². The molecule has 2 N–H and O–H groups in total. The van der Waals surface area contributed by atoms with Gasteiger partial charge in [0.25, 0.3) is 0 Å². The van der Waals surface area contributed by atoms with Crippen LogP contribution in [-0.4, -0.2) is 17.5 Å². The van der Waals surface area contributed by atoms with Gasteiger partial charge in [0.1, 0.15) is 11.5 Å². The third-order valence-electron chi connectivity index (χ3n) is 3.80. The Morgan fingerprint density at radius 2 is 1.74 bits per heavy atom. The molecule has 3 rings (SSSR count). The van der Waals surface area contributed by atoms with E-state index in [1.807, 2.05) is 79.7 Å². The van der Waals surface area contributed by atoms with E-state index in [0.717, 1.165) is 35.3 Å². The van der Waals surface area contributed by atoms with Crippen LogP contribution in [0.5, 0.6) is 11.5 Å². The van der Waals surface area contributed by atoms with Gasteiger partial charge in [0, 0.05) is 12.7 Å². The fourth-order valence-corrected chi connectivity index (χ4v) is 2.52. The molecule has 1 aromatic heterocycles. The summed E-state index contributed by atoms with van der Waals surface area (Å²) in [5, 5.41) is 6.56. The van der Waals surface area contributed by atoms with Crippen LogP contribution in [0.1, 0.15) is 18.2 Å². The van der Waals surface area contributed by atoms with Crippen LogP contribution in [0, 0.1) is 0 Å². The van der Waals surface area contributed by atoms with Gasteiger partial charge >= 0.3 is 0 Å². The van der Waals surface area contributed by atoms with Crippen LogP contribution in [0.3, 0.4) is 0 Å². The zero-order valence-electron chi connectivity index (χ0n) is 15.4. The van der Waals surface area contributed by atoms with Crippen molar-refractivity contribution >= 4 is 5.96 Å². The molecule has 0 aliphatic heterocycles. The molecule has 5 heteroatoms. The third-order valence-corrected chi connectivity index (χ3v) is 3.80. The number of hydrogen-bond donors (Lipinski definition) is 2. The van der Waals surface area contributed by atoms with Gasteiger partial charge in [-0.3, -0.25) is 4.98 Å². The molecular formula is C22H24N4O. The quantitative estimate of drug-likeness (QED) is 0.491. The zero-order valence-corrected chi connectivity index (χ0v) is 15.4. The molecule has 0 fully saturated rings. The number of hydrogen-bond acceptors (Lipinski definition) is 3. The first kappa shape index (κ1) is 18.5. The standard InChI is InChI=1S/C22H24N4O/c1-2-23-22(26-17-19-10-6-7-14-24-19)25-16-18-9-8-13-21(15-18)27-20-11-4-3-5-12-20/h3-15H,2,16-17H2,1H3,(H2,23,25,26). The monoisotopic (exact) mass is 360 g/mol. The van der Waals surface area contributed by atoms with Crippen molar-refractivity contribution in [2.24, 2.45) is 4.99 Å². The van der Waals surface area contributed by atoms with Gasteiger partial charge < -0.3 is 15.4 Å². The molecule has 3 aromatic rings. The van der Waals surface area contributed by atoms with Crippen molar-refractivity contribution in [1.82, 2.24) is 15.6 Å². The summed E-state index contributed by atoms with van der Waals surface area (Å²) in [7, 11) is 0. The lowest BCUT2D eigenvalue weighted by Gasteiger charge is -2.11. The number of aromatic nitrogens is 1. The minimum absolute atomic E-state index is 0.559. The van der Waals surface area contributed by atoms with Crippen molar-refractivity contribution < 1.29 is 4.74 Å². The molecule has 0 amide bonds. The third kappa shape index (κ3) is 6.15. The molecule has 0 saturated heterocycles. The molecule has 138 valence electrons. The predicted octanol–water partition coefficient (Wildman–Crippen LogP) is 4.13. The summed E-state index contributed by atoms with van der Waals surface area (Å²) in [4.78, 5) is 8.98. The number of nitrogens with one attached hydrogen (secondary N) is 2. The van der Waals surface area contributed by atoms with Crippen LogP contribution < -0.4 is 15.4 Å². The topological polar surface area (TPSA) is 58.5 Å². The Morgan fingerprint density at radius 1 is 0.926 bits per heavy atom. The molecule has 0 atom stereocenters.